The maximum Gasteiger partial charge on any atom is 0.152 e. The van der Waals surface area contributed by atoms with Crippen molar-refractivity contribution in [3.05, 3.63) is 0 Å². The highest BCUT2D eigenvalue weighted by Crippen LogP contribution is 2.32. The second kappa shape index (κ2) is 4.75. The summed E-state index contributed by atoms with van der Waals surface area (Å²) in [6, 6.07) is 0. The highest BCUT2D eigenvalue weighted by Gasteiger charge is 2.37. The monoisotopic (exact) mass is 184 g/mol. The summed E-state index contributed by atoms with van der Waals surface area (Å²) < 4.78 is 5.66. The fourth-order valence-corrected chi connectivity index (χ4v) is 2.11. The van der Waals surface area contributed by atoms with Gasteiger partial charge in [0.2, 0.25) is 0 Å². The third-order valence-corrected chi connectivity index (χ3v) is 3.09. The van der Waals surface area contributed by atoms with Gasteiger partial charge in [-0.15, -0.1) is 0 Å². The SMILES string of the molecule is CCCC(C)C1(C=O)CCCCO1. The van der Waals surface area contributed by atoms with Crippen molar-refractivity contribution in [2.45, 2.75) is 51.6 Å². The average molecular weight is 184 g/mol. The number of ether oxygens (including phenoxy) is 1. The molecule has 76 valence electrons. The van der Waals surface area contributed by atoms with Crippen LogP contribution in [0.25, 0.3) is 0 Å². The summed E-state index contributed by atoms with van der Waals surface area (Å²) in [6.07, 6.45) is 6.39. The number of carbonyl (C=O) groups excluding carboxylic acids is 1. The molecule has 1 saturated heterocycles. The molecule has 0 aliphatic carbocycles. The molecule has 1 heterocycles. The fourth-order valence-electron chi connectivity index (χ4n) is 2.11. The summed E-state index contributed by atoms with van der Waals surface area (Å²) in [4.78, 5) is 11.1. The van der Waals surface area contributed by atoms with E-state index >= 15 is 0 Å². The molecule has 0 aromatic rings. The highest BCUT2D eigenvalue weighted by atomic mass is 16.5. The number of rotatable bonds is 4. The molecular weight excluding hydrogens is 164 g/mol. The van der Waals surface area contributed by atoms with Gasteiger partial charge in [-0.2, -0.15) is 0 Å². The lowest BCUT2D eigenvalue weighted by atomic mass is 9.81. The lowest BCUT2D eigenvalue weighted by molar-refractivity contribution is -0.147. The zero-order valence-corrected chi connectivity index (χ0v) is 8.71. The first-order valence-electron chi connectivity index (χ1n) is 5.35. The molecule has 2 atom stereocenters. The Hall–Kier alpha value is -0.370. The quantitative estimate of drug-likeness (QED) is 0.628. The highest BCUT2D eigenvalue weighted by molar-refractivity contribution is 5.63. The normalized spacial score (nSPS) is 31.2. The van der Waals surface area contributed by atoms with E-state index in [1.54, 1.807) is 0 Å². The van der Waals surface area contributed by atoms with E-state index in [2.05, 4.69) is 13.8 Å². The van der Waals surface area contributed by atoms with Gasteiger partial charge in [0.05, 0.1) is 0 Å². The summed E-state index contributed by atoms with van der Waals surface area (Å²) in [5.41, 5.74) is -0.450. The van der Waals surface area contributed by atoms with Crippen molar-refractivity contribution in [2.24, 2.45) is 5.92 Å². The van der Waals surface area contributed by atoms with Gasteiger partial charge in [-0.05, 0) is 31.6 Å². The minimum absolute atomic E-state index is 0.371. The molecule has 1 rings (SSSR count). The van der Waals surface area contributed by atoms with Gasteiger partial charge in [-0.25, -0.2) is 0 Å². The van der Waals surface area contributed by atoms with Gasteiger partial charge >= 0.3 is 0 Å². The Morgan fingerprint density at radius 2 is 2.31 bits per heavy atom. The van der Waals surface area contributed by atoms with Crippen molar-refractivity contribution in [3.8, 4) is 0 Å². The second-order valence-electron chi connectivity index (χ2n) is 4.07. The van der Waals surface area contributed by atoms with Crippen molar-refractivity contribution in [2.75, 3.05) is 6.61 Å². The van der Waals surface area contributed by atoms with Crippen molar-refractivity contribution in [1.82, 2.24) is 0 Å². The van der Waals surface area contributed by atoms with E-state index in [1.165, 1.54) is 0 Å². The molecule has 0 aromatic heterocycles. The van der Waals surface area contributed by atoms with E-state index in [0.29, 0.717) is 5.92 Å². The van der Waals surface area contributed by atoms with Crippen LogP contribution in [-0.4, -0.2) is 18.5 Å². The molecule has 1 aliphatic rings. The van der Waals surface area contributed by atoms with Crippen molar-refractivity contribution < 1.29 is 9.53 Å². The summed E-state index contributed by atoms with van der Waals surface area (Å²) in [6.45, 7) is 5.04. The fraction of sp³-hybridized carbons (Fsp3) is 0.909. The van der Waals surface area contributed by atoms with E-state index in [1.807, 2.05) is 0 Å². The molecular formula is C11H20O2. The van der Waals surface area contributed by atoms with E-state index < -0.39 is 5.60 Å². The molecule has 1 fully saturated rings. The van der Waals surface area contributed by atoms with Crippen LogP contribution in [0.15, 0.2) is 0 Å². The number of hydrogen-bond donors (Lipinski definition) is 0. The van der Waals surface area contributed by atoms with Gasteiger partial charge in [0, 0.05) is 6.61 Å². The zero-order chi connectivity index (χ0) is 9.73. The second-order valence-corrected chi connectivity index (χ2v) is 4.07. The van der Waals surface area contributed by atoms with Crippen LogP contribution in [0.2, 0.25) is 0 Å². The molecule has 0 radical (unpaired) electrons. The van der Waals surface area contributed by atoms with Crippen LogP contribution in [0.1, 0.15) is 46.0 Å². The minimum Gasteiger partial charge on any atom is -0.367 e. The minimum atomic E-state index is -0.450. The molecule has 2 heteroatoms. The van der Waals surface area contributed by atoms with Crippen molar-refractivity contribution >= 4 is 6.29 Å². The van der Waals surface area contributed by atoms with Crippen LogP contribution in [0, 0.1) is 5.92 Å². The smallest absolute Gasteiger partial charge is 0.152 e. The van der Waals surface area contributed by atoms with Crippen LogP contribution in [-0.2, 0) is 9.53 Å². The topological polar surface area (TPSA) is 26.3 Å². The molecule has 2 nitrogen and oxygen atoms in total. The molecule has 1 aliphatic heterocycles. The van der Waals surface area contributed by atoms with Crippen molar-refractivity contribution in [1.29, 1.82) is 0 Å². The van der Waals surface area contributed by atoms with E-state index in [0.717, 1.165) is 45.0 Å². The molecule has 0 aromatic carbocycles. The third kappa shape index (κ3) is 2.31. The third-order valence-electron chi connectivity index (χ3n) is 3.09. The van der Waals surface area contributed by atoms with Crippen LogP contribution < -0.4 is 0 Å². The number of carbonyl (C=O) groups is 1. The average Bonchev–Trinajstić information content (AvgIpc) is 2.19. The lowest BCUT2D eigenvalue weighted by Crippen LogP contribution is -2.44. The van der Waals surface area contributed by atoms with E-state index in [4.69, 9.17) is 4.74 Å². The first-order chi connectivity index (χ1) is 6.25. The maximum absolute atomic E-state index is 11.1. The van der Waals surface area contributed by atoms with Crippen LogP contribution >= 0.6 is 0 Å². The molecule has 0 N–H and O–H groups in total. The molecule has 2 unspecified atom stereocenters. The Bertz CT molecular complexity index is 159. The zero-order valence-electron chi connectivity index (χ0n) is 8.71. The standard InChI is InChI=1S/C11H20O2/c1-3-6-10(2)11(9-12)7-4-5-8-13-11/h9-10H,3-8H2,1-2H3. The Morgan fingerprint density at radius 1 is 1.54 bits per heavy atom. The molecule has 0 saturated carbocycles. The summed E-state index contributed by atoms with van der Waals surface area (Å²) in [5.74, 6) is 0.371. The van der Waals surface area contributed by atoms with Crippen LogP contribution in [0.4, 0.5) is 0 Å². The van der Waals surface area contributed by atoms with Gasteiger partial charge in [0.25, 0.3) is 0 Å². The van der Waals surface area contributed by atoms with E-state index in [9.17, 15) is 4.79 Å². The molecule has 13 heavy (non-hydrogen) atoms. The predicted molar refractivity (Wildman–Crippen MR) is 52.7 cm³/mol. The summed E-state index contributed by atoms with van der Waals surface area (Å²) >= 11 is 0. The Kier molecular flexibility index (Phi) is 3.91. The van der Waals surface area contributed by atoms with Gasteiger partial charge in [0.1, 0.15) is 5.60 Å². The van der Waals surface area contributed by atoms with Crippen LogP contribution in [0.5, 0.6) is 0 Å². The molecule has 0 bridgehead atoms. The first kappa shape index (κ1) is 10.7. The number of aldehydes is 1. The summed E-state index contributed by atoms with van der Waals surface area (Å²) in [7, 11) is 0. The molecule has 0 spiro atoms. The predicted octanol–water partition coefficient (Wildman–Crippen LogP) is 2.56. The van der Waals surface area contributed by atoms with Crippen LogP contribution in [0.3, 0.4) is 0 Å². The number of hydrogen-bond acceptors (Lipinski definition) is 2. The van der Waals surface area contributed by atoms with Crippen molar-refractivity contribution in [3.63, 3.8) is 0 Å². The lowest BCUT2D eigenvalue weighted by Gasteiger charge is -2.37. The van der Waals surface area contributed by atoms with Gasteiger partial charge < -0.3 is 9.53 Å². The van der Waals surface area contributed by atoms with Gasteiger partial charge in [0.15, 0.2) is 6.29 Å². The van der Waals surface area contributed by atoms with E-state index in [-0.39, 0.29) is 0 Å². The maximum atomic E-state index is 11.1. The summed E-state index contributed by atoms with van der Waals surface area (Å²) in [5, 5.41) is 0. The first-order valence-corrected chi connectivity index (χ1v) is 5.35. The Labute approximate surface area is 80.7 Å². The Balaban J connectivity index is 2.60. The van der Waals surface area contributed by atoms with Gasteiger partial charge in [-0.1, -0.05) is 20.3 Å². The largest absolute Gasteiger partial charge is 0.367 e. The Morgan fingerprint density at radius 3 is 2.77 bits per heavy atom. The molecule has 0 amide bonds. The van der Waals surface area contributed by atoms with Gasteiger partial charge in [-0.3, -0.25) is 0 Å².